The first-order chi connectivity index (χ1) is 20.6. The van der Waals surface area contributed by atoms with E-state index in [2.05, 4.69) is 22.9 Å². The van der Waals surface area contributed by atoms with Crippen molar-refractivity contribution in [3.63, 3.8) is 0 Å². The summed E-state index contributed by atoms with van der Waals surface area (Å²) in [5, 5.41) is 8.89. The maximum atomic E-state index is 12.8. The minimum atomic E-state index is -0.519. The fourth-order valence-electron chi connectivity index (χ4n) is 6.30. The second-order valence-corrected chi connectivity index (χ2v) is 13.7. The highest BCUT2D eigenvalue weighted by atomic mass is 16.6. The van der Waals surface area contributed by atoms with Gasteiger partial charge in [-0.1, -0.05) is 84.0 Å². The van der Waals surface area contributed by atoms with E-state index < -0.39 is 11.7 Å². The third-order valence-corrected chi connectivity index (χ3v) is 8.64. The van der Waals surface area contributed by atoms with Gasteiger partial charge >= 0.3 is 6.09 Å². The number of fused-ring (bicyclic) bond motifs is 1. The fourth-order valence-corrected chi connectivity index (χ4v) is 6.30. The van der Waals surface area contributed by atoms with Crippen LogP contribution >= 0.6 is 0 Å². The van der Waals surface area contributed by atoms with Crippen molar-refractivity contribution < 1.29 is 28.6 Å². The predicted molar refractivity (Wildman–Crippen MR) is 171 cm³/mol. The first kappa shape index (κ1) is 37.3. The van der Waals surface area contributed by atoms with Crippen LogP contribution in [0.5, 0.6) is 0 Å². The van der Waals surface area contributed by atoms with Crippen molar-refractivity contribution in [3.05, 3.63) is 0 Å². The highest BCUT2D eigenvalue weighted by Gasteiger charge is 2.60. The van der Waals surface area contributed by atoms with E-state index in [0.29, 0.717) is 51.9 Å². The zero-order chi connectivity index (χ0) is 31.4. The number of alkyl carbamates (subject to hydrolysis) is 1. The molecule has 0 heterocycles. The maximum Gasteiger partial charge on any atom is 0.407 e. The lowest BCUT2D eigenvalue weighted by atomic mass is 9.69. The predicted octanol–water partition coefficient (Wildman–Crippen LogP) is 6.43. The van der Waals surface area contributed by atoms with Gasteiger partial charge in [-0.15, -0.1) is 0 Å². The Kier molecular flexibility index (Phi) is 18.2. The number of rotatable bonds is 25. The molecule has 3 saturated carbocycles. The van der Waals surface area contributed by atoms with E-state index in [1.807, 2.05) is 20.8 Å². The number of hydrogen-bond acceptors (Lipinski definition) is 6. The van der Waals surface area contributed by atoms with E-state index in [4.69, 9.17) is 14.2 Å². The van der Waals surface area contributed by atoms with Crippen molar-refractivity contribution >= 4 is 17.9 Å². The molecule has 0 radical (unpaired) electrons. The molecule has 9 nitrogen and oxygen atoms in total. The minimum absolute atomic E-state index is 0.0880. The SMILES string of the molecule is CCCCCCCCCCCCCCCC(=O)NC1CC2(C(=O)NCCOCCOCCNC(=O)OC(C)(C)C)CC1C2. The molecule has 250 valence electrons. The summed E-state index contributed by atoms with van der Waals surface area (Å²) in [7, 11) is 0. The lowest BCUT2D eigenvalue weighted by Gasteiger charge is -2.36. The molecule has 0 aromatic rings. The Hall–Kier alpha value is -1.87. The van der Waals surface area contributed by atoms with Gasteiger partial charge in [0, 0.05) is 25.6 Å². The molecular formula is C34H63N3O6. The van der Waals surface area contributed by atoms with Gasteiger partial charge in [0.2, 0.25) is 11.8 Å². The molecule has 3 amide bonds. The van der Waals surface area contributed by atoms with Crippen LogP contribution in [0.2, 0.25) is 0 Å². The number of carbonyl (C=O) groups excluding carboxylic acids is 3. The van der Waals surface area contributed by atoms with Gasteiger partial charge in [0.25, 0.3) is 0 Å². The van der Waals surface area contributed by atoms with Crippen molar-refractivity contribution in [2.75, 3.05) is 39.5 Å². The summed E-state index contributed by atoms with van der Waals surface area (Å²) in [4.78, 5) is 36.9. The third kappa shape index (κ3) is 16.1. The molecule has 3 fully saturated rings. The Morgan fingerprint density at radius 3 is 1.74 bits per heavy atom. The molecule has 0 spiro atoms. The number of unbranched alkanes of at least 4 members (excludes halogenated alkanes) is 12. The first-order valence-corrected chi connectivity index (χ1v) is 17.4. The Labute approximate surface area is 261 Å². The Morgan fingerprint density at radius 1 is 0.698 bits per heavy atom. The summed E-state index contributed by atoms with van der Waals surface area (Å²) in [6, 6.07) is 0.137. The molecule has 43 heavy (non-hydrogen) atoms. The van der Waals surface area contributed by atoms with Crippen molar-refractivity contribution in [2.45, 2.75) is 148 Å². The number of carbonyl (C=O) groups is 3. The molecule has 0 aromatic heterocycles. The van der Waals surface area contributed by atoms with E-state index in [1.165, 1.54) is 70.6 Å². The monoisotopic (exact) mass is 609 g/mol. The van der Waals surface area contributed by atoms with E-state index in [1.54, 1.807) is 0 Å². The van der Waals surface area contributed by atoms with Crippen LogP contribution in [0.4, 0.5) is 4.79 Å². The van der Waals surface area contributed by atoms with Crippen LogP contribution in [0.1, 0.15) is 137 Å². The van der Waals surface area contributed by atoms with Gasteiger partial charge in [-0.05, 0) is 52.4 Å². The van der Waals surface area contributed by atoms with Gasteiger partial charge in [0.05, 0.1) is 31.8 Å². The Bertz CT molecular complexity index is 793. The van der Waals surface area contributed by atoms with Gasteiger partial charge < -0.3 is 30.2 Å². The number of hydrogen-bond donors (Lipinski definition) is 3. The summed E-state index contributed by atoms with van der Waals surface area (Å²) in [5.74, 6) is 0.664. The van der Waals surface area contributed by atoms with Gasteiger partial charge in [-0.25, -0.2) is 4.79 Å². The van der Waals surface area contributed by atoms with Crippen LogP contribution in [0.25, 0.3) is 0 Å². The van der Waals surface area contributed by atoms with Crippen LogP contribution in [0, 0.1) is 11.3 Å². The van der Waals surface area contributed by atoms with E-state index in [-0.39, 0.29) is 23.3 Å². The van der Waals surface area contributed by atoms with Gasteiger partial charge in [0.15, 0.2) is 0 Å². The normalized spacial score (nSPS) is 20.8. The summed E-state index contributed by atoms with van der Waals surface area (Å²) >= 11 is 0. The molecule has 3 rings (SSSR count). The largest absolute Gasteiger partial charge is 0.444 e. The molecule has 1 unspecified atom stereocenters. The van der Waals surface area contributed by atoms with E-state index >= 15 is 0 Å². The summed E-state index contributed by atoms with van der Waals surface area (Å²) in [6.07, 6.45) is 19.6. The minimum Gasteiger partial charge on any atom is -0.444 e. The van der Waals surface area contributed by atoms with Crippen LogP contribution < -0.4 is 16.0 Å². The summed E-state index contributed by atoms with van der Waals surface area (Å²) in [5.41, 5.74) is -0.836. The molecule has 1 atom stereocenters. The number of nitrogens with one attached hydrogen (secondary N) is 3. The van der Waals surface area contributed by atoms with Crippen molar-refractivity contribution in [1.29, 1.82) is 0 Å². The molecular weight excluding hydrogens is 546 g/mol. The lowest BCUT2D eigenvalue weighted by Crippen LogP contribution is -2.45. The number of ether oxygens (including phenoxy) is 3. The Morgan fingerprint density at radius 2 is 1.21 bits per heavy atom. The van der Waals surface area contributed by atoms with Crippen LogP contribution in [-0.2, 0) is 23.8 Å². The summed E-state index contributed by atoms with van der Waals surface area (Å²) in [6.45, 7) is 10.2. The molecule has 0 saturated heterocycles. The highest BCUT2D eigenvalue weighted by Crippen LogP contribution is 2.58. The molecule has 2 bridgehead atoms. The quantitative estimate of drug-likeness (QED) is 0.103. The van der Waals surface area contributed by atoms with Crippen molar-refractivity contribution in [1.82, 2.24) is 16.0 Å². The van der Waals surface area contributed by atoms with Crippen LogP contribution in [-0.4, -0.2) is 69.1 Å². The molecule has 0 aromatic carbocycles. The average molecular weight is 610 g/mol. The third-order valence-electron chi connectivity index (χ3n) is 8.64. The number of amides is 3. The van der Waals surface area contributed by atoms with Crippen molar-refractivity contribution in [2.24, 2.45) is 11.3 Å². The first-order valence-electron chi connectivity index (χ1n) is 17.4. The topological polar surface area (TPSA) is 115 Å². The fraction of sp³-hybridized carbons (Fsp3) is 0.912. The molecule has 3 aliphatic carbocycles. The zero-order valence-corrected chi connectivity index (χ0v) is 27.9. The molecule has 0 aliphatic heterocycles. The molecule has 9 heteroatoms. The molecule has 3 N–H and O–H groups in total. The summed E-state index contributed by atoms with van der Waals surface area (Å²) < 4.78 is 16.2. The maximum absolute atomic E-state index is 12.8. The second-order valence-electron chi connectivity index (χ2n) is 13.7. The van der Waals surface area contributed by atoms with E-state index in [9.17, 15) is 14.4 Å². The second kappa shape index (κ2) is 21.0. The highest BCUT2D eigenvalue weighted by molar-refractivity contribution is 5.85. The van der Waals surface area contributed by atoms with Crippen molar-refractivity contribution in [3.8, 4) is 0 Å². The van der Waals surface area contributed by atoms with E-state index in [0.717, 1.165) is 32.1 Å². The van der Waals surface area contributed by atoms with Crippen LogP contribution in [0.3, 0.4) is 0 Å². The van der Waals surface area contributed by atoms with Gasteiger partial charge in [0.1, 0.15) is 5.60 Å². The average Bonchev–Trinajstić information content (AvgIpc) is 3.46. The van der Waals surface area contributed by atoms with Crippen LogP contribution in [0.15, 0.2) is 0 Å². The lowest BCUT2D eigenvalue weighted by molar-refractivity contribution is -0.135. The Balaban J connectivity index is 1.39. The zero-order valence-electron chi connectivity index (χ0n) is 27.9. The molecule has 3 aliphatic rings. The standard InChI is InChI=1S/C34H63N3O6/c1-5-6-7-8-9-10-11-12-13-14-15-16-17-18-30(38)37-29-27-34(25-28(29)26-34)31(39)35-19-21-41-23-24-42-22-20-36-32(40)43-33(2,3)4/h28-29H,5-27H2,1-4H3,(H,35,39)(H,36,40)(H,37,38). The van der Waals surface area contributed by atoms with Gasteiger partial charge in [-0.3, -0.25) is 9.59 Å². The van der Waals surface area contributed by atoms with Gasteiger partial charge in [-0.2, -0.15) is 0 Å². The smallest absolute Gasteiger partial charge is 0.407 e.